The molecule has 0 saturated heterocycles. The summed E-state index contributed by atoms with van der Waals surface area (Å²) >= 11 is 0. The Morgan fingerprint density at radius 1 is 1.33 bits per heavy atom. The second-order valence-corrected chi connectivity index (χ2v) is 4.79. The maximum atomic E-state index is 5.59. The zero-order chi connectivity index (χ0) is 13.5. The van der Waals surface area contributed by atoms with E-state index in [1.807, 2.05) is 13.8 Å². The molecule has 5 nitrogen and oxygen atoms in total. The predicted octanol–water partition coefficient (Wildman–Crippen LogP) is 1.83. The largest absolute Gasteiger partial charge is 0.475 e. The van der Waals surface area contributed by atoms with Crippen molar-refractivity contribution in [2.75, 3.05) is 18.0 Å². The molecule has 1 aromatic heterocycles. The van der Waals surface area contributed by atoms with Crippen LogP contribution >= 0.6 is 0 Å². The van der Waals surface area contributed by atoms with Crippen molar-refractivity contribution in [1.82, 2.24) is 9.97 Å². The van der Waals surface area contributed by atoms with Gasteiger partial charge < -0.3 is 15.4 Å². The van der Waals surface area contributed by atoms with Crippen LogP contribution in [-0.2, 0) is 0 Å². The molecule has 1 rings (SSSR count). The van der Waals surface area contributed by atoms with Crippen LogP contribution < -0.4 is 15.4 Å². The maximum Gasteiger partial charge on any atom is 0.228 e. The minimum absolute atomic E-state index is 0.115. The summed E-state index contributed by atoms with van der Waals surface area (Å²) in [6.45, 7) is 9.74. The highest BCUT2D eigenvalue weighted by atomic mass is 16.5. The second-order valence-electron chi connectivity index (χ2n) is 4.79. The second kappa shape index (κ2) is 7.16. The van der Waals surface area contributed by atoms with Crippen LogP contribution in [0.15, 0.2) is 12.3 Å². The average molecular weight is 252 g/mol. The highest BCUT2D eigenvalue weighted by molar-refractivity contribution is 5.33. The topological polar surface area (TPSA) is 64.3 Å². The highest BCUT2D eigenvalue weighted by Gasteiger charge is 2.13. The molecule has 0 unspecified atom stereocenters. The minimum Gasteiger partial charge on any atom is -0.475 e. The molecule has 0 saturated carbocycles. The Labute approximate surface area is 109 Å². The van der Waals surface area contributed by atoms with Gasteiger partial charge in [0.2, 0.25) is 11.8 Å². The number of nitrogens with two attached hydrogens (primary N) is 1. The molecular formula is C13H24N4O. The zero-order valence-corrected chi connectivity index (χ0v) is 11.8. The molecule has 1 heterocycles. The summed E-state index contributed by atoms with van der Waals surface area (Å²) in [5.74, 6) is 1.32. The Hall–Kier alpha value is -1.36. The fourth-order valence-electron chi connectivity index (χ4n) is 1.63. The van der Waals surface area contributed by atoms with E-state index in [1.165, 1.54) is 0 Å². The summed E-state index contributed by atoms with van der Waals surface area (Å²) in [4.78, 5) is 10.9. The van der Waals surface area contributed by atoms with Gasteiger partial charge in [0, 0.05) is 24.8 Å². The lowest BCUT2D eigenvalue weighted by Crippen LogP contribution is -2.34. The van der Waals surface area contributed by atoms with E-state index >= 15 is 0 Å². The fourth-order valence-corrected chi connectivity index (χ4v) is 1.63. The van der Waals surface area contributed by atoms with Crippen molar-refractivity contribution in [3.8, 4) is 5.88 Å². The Kier molecular flexibility index (Phi) is 5.85. The predicted molar refractivity (Wildman–Crippen MR) is 73.9 cm³/mol. The van der Waals surface area contributed by atoms with Crippen LogP contribution in [0, 0.1) is 0 Å². The first kappa shape index (κ1) is 14.7. The first-order chi connectivity index (χ1) is 8.54. The zero-order valence-electron chi connectivity index (χ0n) is 11.8. The molecule has 0 aliphatic heterocycles. The lowest BCUT2D eigenvalue weighted by molar-refractivity contribution is 0.232. The minimum atomic E-state index is 0.115. The smallest absolute Gasteiger partial charge is 0.228 e. The van der Waals surface area contributed by atoms with Gasteiger partial charge in [-0.2, -0.15) is 4.98 Å². The average Bonchev–Trinajstić information content (AvgIpc) is 2.28. The van der Waals surface area contributed by atoms with Crippen molar-refractivity contribution in [3.05, 3.63) is 12.3 Å². The molecule has 0 radical (unpaired) electrons. The normalized spacial score (nSPS) is 11.1. The Balaban J connectivity index is 2.83. The van der Waals surface area contributed by atoms with Gasteiger partial charge in [0.05, 0.1) is 6.10 Å². The molecule has 1 aromatic rings. The van der Waals surface area contributed by atoms with Crippen LogP contribution in [0.2, 0.25) is 0 Å². The van der Waals surface area contributed by atoms with Crippen molar-refractivity contribution in [3.63, 3.8) is 0 Å². The third-order valence-electron chi connectivity index (χ3n) is 2.46. The van der Waals surface area contributed by atoms with Crippen LogP contribution in [0.1, 0.15) is 34.1 Å². The molecule has 0 aliphatic carbocycles. The van der Waals surface area contributed by atoms with Gasteiger partial charge in [-0.25, -0.2) is 4.98 Å². The first-order valence-corrected chi connectivity index (χ1v) is 6.51. The first-order valence-electron chi connectivity index (χ1n) is 6.51. The van der Waals surface area contributed by atoms with Gasteiger partial charge in [-0.15, -0.1) is 0 Å². The summed E-state index contributed by atoms with van der Waals surface area (Å²) in [7, 11) is 0. The molecule has 0 spiro atoms. The lowest BCUT2D eigenvalue weighted by atomic mass is 10.3. The van der Waals surface area contributed by atoms with Crippen molar-refractivity contribution in [1.29, 1.82) is 0 Å². The van der Waals surface area contributed by atoms with Crippen molar-refractivity contribution in [2.45, 2.75) is 46.3 Å². The SMILES string of the molecule is CC(C)Oc1ccnc(N(CCCN)C(C)C)n1. The monoisotopic (exact) mass is 252 g/mol. The number of aromatic nitrogens is 2. The molecule has 0 aromatic carbocycles. The number of ether oxygens (including phenoxy) is 1. The van der Waals surface area contributed by atoms with E-state index in [9.17, 15) is 0 Å². The summed E-state index contributed by atoms with van der Waals surface area (Å²) in [5.41, 5.74) is 5.56. The summed E-state index contributed by atoms with van der Waals surface area (Å²) in [6.07, 6.45) is 2.78. The van der Waals surface area contributed by atoms with E-state index in [0.717, 1.165) is 13.0 Å². The number of nitrogens with zero attached hydrogens (tertiary/aromatic N) is 3. The van der Waals surface area contributed by atoms with Gasteiger partial charge in [0.1, 0.15) is 0 Å². The molecule has 0 amide bonds. The van der Waals surface area contributed by atoms with Crippen LogP contribution in [0.4, 0.5) is 5.95 Å². The van der Waals surface area contributed by atoms with Crippen molar-refractivity contribution < 1.29 is 4.74 Å². The molecule has 0 aliphatic rings. The van der Waals surface area contributed by atoms with E-state index in [4.69, 9.17) is 10.5 Å². The highest BCUT2D eigenvalue weighted by Crippen LogP contribution is 2.16. The molecule has 0 atom stereocenters. The molecular weight excluding hydrogens is 228 g/mol. The third kappa shape index (κ3) is 4.49. The molecule has 5 heteroatoms. The summed E-state index contributed by atoms with van der Waals surface area (Å²) in [5, 5.41) is 0. The number of rotatable bonds is 7. The van der Waals surface area contributed by atoms with Gasteiger partial charge in [0.25, 0.3) is 0 Å². The van der Waals surface area contributed by atoms with E-state index in [2.05, 4.69) is 28.7 Å². The lowest BCUT2D eigenvalue weighted by Gasteiger charge is -2.26. The van der Waals surface area contributed by atoms with E-state index in [1.54, 1.807) is 12.3 Å². The Morgan fingerprint density at radius 2 is 2.06 bits per heavy atom. The van der Waals surface area contributed by atoms with Crippen LogP contribution in [-0.4, -0.2) is 35.2 Å². The van der Waals surface area contributed by atoms with Gasteiger partial charge in [0.15, 0.2) is 0 Å². The van der Waals surface area contributed by atoms with Crippen molar-refractivity contribution in [2.24, 2.45) is 5.73 Å². The standard InChI is InChI=1S/C13H24N4O/c1-10(2)17(9-5-7-14)13-15-8-6-12(16-13)18-11(3)4/h6,8,10-11H,5,7,9,14H2,1-4H3. The molecule has 2 N–H and O–H groups in total. The Bertz CT molecular complexity index is 355. The van der Waals surface area contributed by atoms with Crippen LogP contribution in [0.25, 0.3) is 0 Å². The summed E-state index contributed by atoms with van der Waals surface area (Å²) < 4.78 is 5.59. The van der Waals surface area contributed by atoms with E-state index in [0.29, 0.717) is 24.4 Å². The van der Waals surface area contributed by atoms with E-state index < -0.39 is 0 Å². The van der Waals surface area contributed by atoms with Crippen LogP contribution in [0.3, 0.4) is 0 Å². The molecule has 0 fully saturated rings. The Morgan fingerprint density at radius 3 is 2.61 bits per heavy atom. The number of hydrogen-bond acceptors (Lipinski definition) is 5. The number of hydrogen-bond donors (Lipinski definition) is 1. The van der Waals surface area contributed by atoms with Crippen LogP contribution in [0.5, 0.6) is 5.88 Å². The summed E-state index contributed by atoms with van der Waals surface area (Å²) in [6, 6.07) is 2.12. The van der Waals surface area contributed by atoms with Gasteiger partial charge in [-0.3, -0.25) is 0 Å². The van der Waals surface area contributed by atoms with Gasteiger partial charge in [-0.1, -0.05) is 0 Å². The van der Waals surface area contributed by atoms with E-state index in [-0.39, 0.29) is 6.10 Å². The van der Waals surface area contributed by atoms with Crippen molar-refractivity contribution >= 4 is 5.95 Å². The molecule has 0 bridgehead atoms. The molecule has 102 valence electrons. The fraction of sp³-hybridized carbons (Fsp3) is 0.692. The quantitative estimate of drug-likeness (QED) is 0.802. The van der Waals surface area contributed by atoms with Gasteiger partial charge in [-0.05, 0) is 40.7 Å². The third-order valence-corrected chi connectivity index (χ3v) is 2.46. The van der Waals surface area contributed by atoms with Gasteiger partial charge >= 0.3 is 0 Å². The maximum absolute atomic E-state index is 5.59. The molecule has 18 heavy (non-hydrogen) atoms. The number of anilines is 1.